The topological polar surface area (TPSA) is 54.9 Å². The number of thiophene rings is 1. The van der Waals surface area contributed by atoms with Crippen molar-refractivity contribution in [2.45, 2.75) is 36.1 Å². The lowest BCUT2D eigenvalue weighted by atomic mass is 10.1. The maximum atomic E-state index is 12.2. The van der Waals surface area contributed by atoms with Crippen LogP contribution in [0.2, 0.25) is 0 Å². The van der Waals surface area contributed by atoms with Gasteiger partial charge in [0.2, 0.25) is 5.91 Å². The first-order valence-electron chi connectivity index (χ1n) is 7.91. The molecule has 0 unspecified atom stereocenters. The van der Waals surface area contributed by atoms with Crippen LogP contribution in [-0.2, 0) is 17.6 Å². The van der Waals surface area contributed by atoms with Crippen LogP contribution in [0.25, 0.3) is 10.2 Å². The van der Waals surface area contributed by atoms with Crippen LogP contribution in [0.15, 0.2) is 35.3 Å². The molecule has 7 heteroatoms. The number of carbonyl (C=O) groups is 1. The standard InChI is InChI=1S/C17H16ClN3OS2/c18-11-5-1-2-6-12(11)21-14(22)8-23-16-15-10-4-3-7-13(10)24-17(15)20-9-19-16/h1-2,6,9,11H,3-5,7-8H2,(H,21,22)/t11-/m1/s1. The molecule has 2 aromatic rings. The fourth-order valence-corrected chi connectivity index (χ4v) is 5.41. The number of rotatable bonds is 4. The highest BCUT2D eigenvalue weighted by molar-refractivity contribution is 8.00. The molecule has 0 fully saturated rings. The molecule has 0 aromatic carbocycles. The van der Waals surface area contributed by atoms with Gasteiger partial charge in [-0.25, -0.2) is 9.97 Å². The predicted molar refractivity (Wildman–Crippen MR) is 99.8 cm³/mol. The fraction of sp³-hybridized carbons (Fsp3) is 0.353. The normalized spacial score (nSPS) is 19.4. The summed E-state index contributed by atoms with van der Waals surface area (Å²) in [5, 5.41) is 4.82. The number of hydrogen-bond acceptors (Lipinski definition) is 5. The van der Waals surface area contributed by atoms with Gasteiger partial charge in [0, 0.05) is 16.0 Å². The third kappa shape index (κ3) is 3.10. The summed E-state index contributed by atoms with van der Waals surface area (Å²) < 4.78 is 0. The predicted octanol–water partition coefficient (Wildman–Crippen LogP) is 3.84. The van der Waals surface area contributed by atoms with Crippen molar-refractivity contribution in [2.24, 2.45) is 0 Å². The SMILES string of the molecule is O=C(CSc1ncnc2sc3c(c12)CCC3)NC1=CC=CC[C@H]1Cl. The van der Waals surface area contributed by atoms with Crippen molar-refractivity contribution in [3.63, 3.8) is 0 Å². The molecular weight excluding hydrogens is 362 g/mol. The molecular formula is C17H16ClN3OS2. The van der Waals surface area contributed by atoms with Gasteiger partial charge in [-0.05, 0) is 37.3 Å². The first-order valence-corrected chi connectivity index (χ1v) is 10.1. The molecule has 0 aliphatic heterocycles. The molecule has 1 atom stereocenters. The summed E-state index contributed by atoms with van der Waals surface area (Å²) in [4.78, 5) is 23.5. The summed E-state index contributed by atoms with van der Waals surface area (Å²) in [5.74, 6) is 0.271. The van der Waals surface area contributed by atoms with Gasteiger partial charge in [-0.15, -0.1) is 22.9 Å². The largest absolute Gasteiger partial charge is 0.328 e. The second-order valence-corrected chi connectivity index (χ2v) is 8.38. The lowest BCUT2D eigenvalue weighted by Crippen LogP contribution is -2.29. The van der Waals surface area contributed by atoms with Crippen molar-refractivity contribution in [3.05, 3.63) is 40.7 Å². The number of allylic oxidation sites excluding steroid dienone is 4. The smallest absolute Gasteiger partial charge is 0.234 e. The number of aromatic nitrogens is 2. The van der Waals surface area contributed by atoms with E-state index in [0.717, 1.165) is 40.2 Å². The molecule has 124 valence electrons. The Labute approximate surface area is 153 Å². The van der Waals surface area contributed by atoms with Gasteiger partial charge >= 0.3 is 0 Å². The van der Waals surface area contributed by atoms with Gasteiger partial charge in [0.1, 0.15) is 16.2 Å². The number of fused-ring (bicyclic) bond motifs is 3. The Morgan fingerprint density at radius 1 is 1.42 bits per heavy atom. The van der Waals surface area contributed by atoms with Gasteiger partial charge in [-0.1, -0.05) is 23.9 Å². The van der Waals surface area contributed by atoms with E-state index < -0.39 is 0 Å². The van der Waals surface area contributed by atoms with Gasteiger partial charge < -0.3 is 5.32 Å². The van der Waals surface area contributed by atoms with Crippen molar-refractivity contribution in [1.29, 1.82) is 0 Å². The Morgan fingerprint density at radius 3 is 3.21 bits per heavy atom. The number of alkyl halides is 1. The van der Waals surface area contributed by atoms with E-state index in [-0.39, 0.29) is 11.3 Å². The van der Waals surface area contributed by atoms with E-state index in [0.29, 0.717) is 5.75 Å². The van der Waals surface area contributed by atoms with Gasteiger partial charge in [0.25, 0.3) is 0 Å². The molecule has 0 radical (unpaired) electrons. The number of nitrogens with zero attached hydrogens (tertiary/aromatic N) is 2. The van der Waals surface area contributed by atoms with Crippen LogP contribution in [0.4, 0.5) is 0 Å². The monoisotopic (exact) mass is 377 g/mol. The first kappa shape index (κ1) is 16.1. The number of aryl methyl sites for hydroxylation is 2. The molecule has 0 saturated carbocycles. The number of carbonyl (C=O) groups excluding carboxylic acids is 1. The van der Waals surface area contributed by atoms with Crippen LogP contribution in [0.5, 0.6) is 0 Å². The zero-order valence-electron chi connectivity index (χ0n) is 12.9. The molecule has 2 heterocycles. The molecule has 1 amide bonds. The second-order valence-electron chi connectivity index (χ2n) is 5.81. The summed E-state index contributed by atoms with van der Waals surface area (Å²) in [6.45, 7) is 0. The Morgan fingerprint density at radius 2 is 2.33 bits per heavy atom. The van der Waals surface area contributed by atoms with E-state index in [4.69, 9.17) is 11.6 Å². The average molecular weight is 378 g/mol. The molecule has 0 bridgehead atoms. The van der Waals surface area contributed by atoms with Gasteiger partial charge in [0.05, 0.1) is 11.1 Å². The highest BCUT2D eigenvalue weighted by Crippen LogP contribution is 2.39. The van der Waals surface area contributed by atoms with Crippen molar-refractivity contribution >= 4 is 50.8 Å². The Kier molecular flexibility index (Phi) is 4.61. The molecule has 0 saturated heterocycles. The third-order valence-electron chi connectivity index (χ3n) is 4.18. The summed E-state index contributed by atoms with van der Waals surface area (Å²) in [6.07, 6.45) is 11.6. The lowest BCUT2D eigenvalue weighted by Gasteiger charge is -2.16. The molecule has 0 spiro atoms. The number of amides is 1. The molecule has 4 rings (SSSR count). The second kappa shape index (κ2) is 6.86. The molecule has 2 aromatic heterocycles. The Balaban J connectivity index is 1.48. The molecule has 4 nitrogen and oxygen atoms in total. The number of thioether (sulfide) groups is 1. The van der Waals surface area contributed by atoms with Crippen LogP contribution in [0, 0.1) is 0 Å². The molecule has 24 heavy (non-hydrogen) atoms. The fourth-order valence-electron chi connectivity index (χ4n) is 3.06. The van der Waals surface area contributed by atoms with Crippen LogP contribution >= 0.6 is 34.7 Å². The average Bonchev–Trinajstić information content (AvgIpc) is 3.16. The number of halogens is 1. The minimum absolute atomic E-state index is 0.0502. The van der Waals surface area contributed by atoms with Gasteiger partial charge in [0.15, 0.2) is 0 Å². The summed E-state index contributed by atoms with van der Waals surface area (Å²) >= 11 is 9.45. The Hall–Kier alpha value is -1.37. The quantitative estimate of drug-likeness (QED) is 0.499. The van der Waals surface area contributed by atoms with E-state index in [1.54, 1.807) is 17.7 Å². The van der Waals surface area contributed by atoms with Gasteiger partial charge in [-0.3, -0.25) is 4.79 Å². The lowest BCUT2D eigenvalue weighted by molar-refractivity contribution is -0.117. The van der Waals surface area contributed by atoms with Crippen molar-refractivity contribution in [3.8, 4) is 0 Å². The highest BCUT2D eigenvalue weighted by atomic mass is 35.5. The van der Waals surface area contributed by atoms with Crippen LogP contribution < -0.4 is 5.32 Å². The minimum atomic E-state index is -0.158. The van der Waals surface area contributed by atoms with Crippen molar-refractivity contribution in [2.75, 3.05) is 5.75 Å². The summed E-state index contributed by atoms with van der Waals surface area (Å²) in [7, 11) is 0. The number of nitrogens with one attached hydrogen (secondary N) is 1. The maximum Gasteiger partial charge on any atom is 0.234 e. The summed E-state index contributed by atoms with van der Waals surface area (Å²) in [5.41, 5.74) is 2.16. The zero-order chi connectivity index (χ0) is 16.5. The molecule has 2 aliphatic carbocycles. The van der Waals surface area contributed by atoms with E-state index >= 15 is 0 Å². The maximum absolute atomic E-state index is 12.2. The van der Waals surface area contributed by atoms with Crippen molar-refractivity contribution < 1.29 is 4.79 Å². The summed E-state index contributed by atoms with van der Waals surface area (Å²) in [6, 6.07) is 0. The number of hydrogen-bond donors (Lipinski definition) is 1. The van der Waals surface area contributed by atoms with E-state index in [1.165, 1.54) is 28.6 Å². The Bertz CT molecular complexity index is 859. The molecule has 2 aliphatic rings. The minimum Gasteiger partial charge on any atom is -0.328 e. The highest BCUT2D eigenvalue weighted by Gasteiger charge is 2.22. The zero-order valence-corrected chi connectivity index (χ0v) is 15.3. The van der Waals surface area contributed by atoms with Crippen LogP contribution in [0.1, 0.15) is 23.3 Å². The first-order chi connectivity index (χ1) is 11.7. The van der Waals surface area contributed by atoms with E-state index in [9.17, 15) is 4.79 Å². The van der Waals surface area contributed by atoms with Crippen LogP contribution in [0.3, 0.4) is 0 Å². The molecule has 1 N–H and O–H groups in total. The third-order valence-corrected chi connectivity index (χ3v) is 6.79. The van der Waals surface area contributed by atoms with Gasteiger partial charge in [-0.2, -0.15) is 0 Å². The van der Waals surface area contributed by atoms with Crippen molar-refractivity contribution in [1.82, 2.24) is 15.3 Å². The van der Waals surface area contributed by atoms with E-state index in [2.05, 4.69) is 15.3 Å². The van der Waals surface area contributed by atoms with Crippen LogP contribution in [-0.4, -0.2) is 27.0 Å². The van der Waals surface area contributed by atoms with E-state index in [1.807, 2.05) is 18.2 Å².